The molecule has 0 radical (unpaired) electrons. The predicted octanol–water partition coefficient (Wildman–Crippen LogP) is 2.40. The molecule has 2 aromatic rings. The van der Waals surface area contributed by atoms with Crippen LogP contribution in [-0.2, 0) is 14.8 Å². The van der Waals surface area contributed by atoms with Crippen LogP contribution in [0.25, 0.3) is 0 Å². The van der Waals surface area contributed by atoms with Crippen molar-refractivity contribution in [3.05, 3.63) is 59.9 Å². The van der Waals surface area contributed by atoms with Crippen LogP contribution in [0.5, 0.6) is 0 Å². The van der Waals surface area contributed by atoms with E-state index in [9.17, 15) is 22.4 Å². The molecule has 0 aromatic heterocycles. The van der Waals surface area contributed by atoms with E-state index in [1.54, 1.807) is 11.0 Å². The Balaban J connectivity index is 1.36. The number of carbonyl (C=O) groups is 2. The van der Waals surface area contributed by atoms with Crippen LogP contribution in [0.3, 0.4) is 0 Å². The van der Waals surface area contributed by atoms with Crippen molar-refractivity contribution in [3.63, 3.8) is 0 Å². The minimum atomic E-state index is -4.07. The van der Waals surface area contributed by atoms with Crippen molar-refractivity contribution in [2.24, 2.45) is 0 Å². The van der Waals surface area contributed by atoms with Gasteiger partial charge < -0.3 is 9.80 Å². The van der Waals surface area contributed by atoms with Gasteiger partial charge in [-0.25, -0.2) is 12.8 Å². The Morgan fingerprint density at radius 2 is 1.56 bits per heavy atom. The van der Waals surface area contributed by atoms with Gasteiger partial charge >= 0.3 is 0 Å². The van der Waals surface area contributed by atoms with Gasteiger partial charge in [0.2, 0.25) is 5.91 Å². The number of carbonyl (C=O) groups excluding carboxylic acids is 2. The van der Waals surface area contributed by atoms with Crippen molar-refractivity contribution in [2.45, 2.75) is 24.2 Å². The largest absolute Gasteiger partial charge is 0.342 e. The number of piperazine rings is 1. The number of amides is 2. The molecule has 2 aliphatic rings. The van der Waals surface area contributed by atoms with Crippen molar-refractivity contribution < 1.29 is 22.4 Å². The predicted molar refractivity (Wildman–Crippen MR) is 126 cm³/mol. The van der Waals surface area contributed by atoms with E-state index in [-0.39, 0.29) is 28.0 Å². The van der Waals surface area contributed by atoms with Gasteiger partial charge in [-0.05, 0) is 49.6 Å². The van der Waals surface area contributed by atoms with Gasteiger partial charge in [-0.2, -0.15) is 0 Å². The van der Waals surface area contributed by atoms with Crippen LogP contribution >= 0.6 is 0 Å². The van der Waals surface area contributed by atoms with Crippen LogP contribution < -0.4 is 4.72 Å². The molecule has 2 saturated heterocycles. The highest BCUT2D eigenvalue weighted by Gasteiger charge is 2.26. The fourth-order valence-electron chi connectivity index (χ4n) is 4.27. The van der Waals surface area contributed by atoms with E-state index in [1.807, 2.05) is 4.90 Å². The quantitative estimate of drug-likeness (QED) is 0.675. The second-order valence-electron chi connectivity index (χ2n) is 8.62. The molecule has 0 aliphatic carbocycles. The zero-order valence-electron chi connectivity index (χ0n) is 19.0. The first-order chi connectivity index (χ1) is 16.3. The summed E-state index contributed by atoms with van der Waals surface area (Å²) in [5.41, 5.74) is 0.0868. The van der Waals surface area contributed by atoms with E-state index in [2.05, 4.69) is 9.62 Å². The van der Waals surface area contributed by atoms with Crippen molar-refractivity contribution in [3.8, 4) is 0 Å². The Kier molecular flexibility index (Phi) is 7.47. The summed E-state index contributed by atoms with van der Waals surface area (Å²) in [4.78, 5) is 31.0. The normalized spacial score (nSPS) is 17.4. The number of para-hydroxylation sites is 1. The van der Waals surface area contributed by atoms with E-state index in [4.69, 9.17) is 0 Å². The van der Waals surface area contributed by atoms with E-state index in [0.717, 1.165) is 32.0 Å². The highest BCUT2D eigenvalue weighted by atomic mass is 32.2. The van der Waals surface area contributed by atoms with Crippen LogP contribution in [0.4, 0.5) is 10.1 Å². The minimum absolute atomic E-state index is 0.118. The summed E-state index contributed by atoms with van der Waals surface area (Å²) >= 11 is 0. The number of hydrogen-bond acceptors (Lipinski definition) is 5. The molecule has 2 aliphatic heterocycles. The maximum Gasteiger partial charge on any atom is 0.262 e. The van der Waals surface area contributed by atoms with E-state index < -0.39 is 15.8 Å². The van der Waals surface area contributed by atoms with Crippen LogP contribution in [0.15, 0.2) is 53.4 Å². The minimum Gasteiger partial charge on any atom is -0.342 e. The number of halogens is 1. The smallest absolute Gasteiger partial charge is 0.262 e. The Labute approximate surface area is 199 Å². The first kappa shape index (κ1) is 24.2. The molecule has 182 valence electrons. The SMILES string of the molecule is O=C(CN1CCN(C(=O)c2cccc(S(=O)(=O)Nc3ccccc3F)c2)CC1)N1CCCCC1. The van der Waals surface area contributed by atoms with Crippen LogP contribution in [0.2, 0.25) is 0 Å². The second kappa shape index (κ2) is 10.5. The average Bonchev–Trinajstić information content (AvgIpc) is 2.86. The van der Waals surface area contributed by atoms with E-state index in [1.165, 1.54) is 42.8 Å². The molecular formula is C24H29FN4O4S. The lowest BCUT2D eigenvalue weighted by Gasteiger charge is -2.36. The maximum absolute atomic E-state index is 13.9. The third kappa shape index (κ3) is 5.74. The van der Waals surface area contributed by atoms with Gasteiger partial charge in [0.1, 0.15) is 5.82 Å². The lowest BCUT2D eigenvalue weighted by Crippen LogP contribution is -2.52. The molecule has 10 heteroatoms. The molecule has 0 atom stereocenters. The monoisotopic (exact) mass is 488 g/mol. The Bertz CT molecular complexity index is 1140. The average molecular weight is 489 g/mol. The number of hydrogen-bond donors (Lipinski definition) is 1. The zero-order valence-corrected chi connectivity index (χ0v) is 19.8. The summed E-state index contributed by atoms with van der Waals surface area (Å²) in [7, 11) is -4.07. The molecule has 2 fully saturated rings. The third-order valence-corrected chi connectivity index (χ3v) is 7.60. The topological polar surface area (TPSA) is 90.0 Å². The molecule has 4 rings (SSSR count). The summed E-state index contributed by atoms with van der Waals surface area (Å²) in [6.45, 7) is 4.07. The van der Waals surface area contributed by atoms with E-state index in [0.29, 0.717) is 32.7 Å². The summed E-state index contributed by atoms with van der Waals surface area (Å²) in [6, 6.07) is 11.2. The van der Waals surface area contributed by atoms with Crippen molar-refractivity contribution >= 4 is 27.5 Å². The van der Waals surface area contributed by atoms with Crippen molar-refractivity contribution in [2.75, 3.05) is 50.5 Å². The number of likely N-dealkylation sites (tertiary alicyclic amines) is 1. The van der Waals surface area contributed by atoms with Crippen molar-refractivity contribution in [1.29, 1.82) is 0 Å². The number of rotatable bonds is 6. The Morgan fingerprint density at radius 3 is 2.26 bits per heavy atom. The van der Waals surface area contributed by atoms with Crippen molar-refractivity contribution in [1.82, 2.24) is 14.7 Å². The van der Waals surface area contributed by atoms with Gasteiger partial charge in [-0.15, -0.1) is 0 Å². The highest BCUT2D eigenvalue weighted by Crippen LogP contribution is 2.20. The summed E-state index contributed by atoms with van der Waals surface area (Å²) in [5, 5.41) is 0. The van der Waals surface area contributed by atoms with Gasteiger partial charge in [-0.1, -0.05) is 18.2 Å². The molecule has 8 nitrogen and oxygen atoms in total. The molecule has 1 N–H and O–H groups in total. The number of piperidine rings is 1. The lowest BCUT2D eigenvalue weighted by molar-refractivity contribution is -0.133. The van der Waals surface area contributed by atoms with Gasteiger partial charge in [0, 0.05) is 44.8 Å². The molecule has 0 spiro atoms. The highest BCUT2D eigenvalue weighted by molar-refractivity contribution is 7.92. The van der Waals surface area contributed by atoms with Crippen LogP contribution in [0.1, 0.15) is 29.6 Å². The number of benzene rings is 2. The van der Waals surface area contributed by atoms with E-state index >= 15 is 0 Å². The van der Waals surface area contributed by atoms with Crippen LogP contribution in [-0.4, -0.2) is 80.7 Å². The third-order valence-electron chi connectivity index (χ3n) is 6.24. The molecule has 2 aromatic carbocycles. The Morgan fingerprint density at radius 1 is 0.853 bits per heavy atom. The first-order valence-electron chi connectivity index (χ1n) is 11.5. The molecule has 0 saturated carbocycles. The van der Waals surface area contributed by atoms with Gasteiger partial charge in [0.25, 0.3) is 15.9 Å². The molecule has 0 unspecified atom stereocenters. The molecular weight excluding hydrogens is 459 g/mol. The maximum atomic E-state index is 13.9. The zero-order chi connectivity index (χ0) is 24.1. The Hall–Kier alpha value is -2.98. The van der Waals surface area contributed by atoms with Gasteiger partial charge in [0.15, 0.2) is 0 Å². The molecule has 2 heterocycles. The summed E-state index contributed by atoms with van der Waals surface area (Å²) in [6.07, 6.45) is 3.28. The summed E-state index contributed by atoms with van der Waals surface area (Å²) < 4.78 is 41.6. The van der Waals surface area contributed by atoms with Gasteiger partial charge in [-0.3, -0.25) is 19.2 Å². The summed E-state index contributed by atoms with van der Waals surface area (Å²) in [5.74, 6) is -0.820. The standard InChI is InChI=1S/C24H29FN4O4S/c25-21-9-2-3-10-22(21)26-34(32,33)20-8-6-7-19(17-20)24(31)29-15-13-27(14-16-29)18-23(30)28-11-4-1-5-12-28/h2-3,6-10,17,26H,1,4-5,11-16,18H2. The number of sulfonamides is 1. The molecule has 34 heavy (non-hydrogen) atoms. The lowest BCUT2D eigenvalue weighted by atomic mass is 10.1. The number of nitrogens with one attached hydrogen (secondary N) is 1. The number of nitrogens with zero attached hydrogens (tertiary/aromatic N) is 3. The fourth-order valence-corrected chi connectivity index (χ4v) is 5.38. The van der Waals surface area contributed by atoms with Gasteiger partial charge in [0.05, 0.1) is 17.1 Å². The molecule has 0 bridgehead atoms. The first-order valence-corrected chi connectivity index (χ1v) is 13.0. The fraction of sp³-hybridized carbons (Fsp3) is 0.417. The number of anilines is 1. The van der Waals surface area contributed by atoms with Crippen LogP contribution in [0, 0.1) is 5.82 Å². The second-order valence-corrected chi connectivity index (χ2v) is 10.3. The molecule has 2 amide bonds.